The summed E-state index contributed by atoms with van der Waals surface area (Å²) in [5.74, 6) is 0. The van der Waals surface area contributed by atoms with Gasteiger partial charge in [0.1, 0.15) is 10.8 Å². The number of hydrogen-bond acceptors (Lipinski definition) is 1. The molecule has 0 aliphatic carbocycles. The summed E-state index contributed by atoms with van der Waals surface area (Å²) in [5.41, 5.74) is 1.88. The molecule has 0 aliphatic heterocycles. The van der Waals surface area contributed by atoms with Crippen molar-refractivity contribution in [1.29, 1.82) is 0 Å². The van der Waals surface area contributed by atoms with E-state index in [4.69, 9.17) is 11.6 Å². The number of hydrogen-bond donors (Lipinski definition) is 1. The van der Waals surface area contributed by atoms with E-state index in [1.54, 1.807) is 0 Å². The Hall–Kier alpha value is -0.800. The summed E-state index contributed by atoms with van der Waals surface area (Å²) in [7, 11) is 0. The van der Waals surface area contributed by atoms with E-state index in [0.717, 1.165) is 15.7 Å². The lowest BCUT2D eigenvalue weighted by atomic mass is 10.2. The van der Waals surface area contributed by atoms with Crippen molar-refractivity contribution in [2.45, 2.75) is 0 Å². The SMILES string of the molecule is Clc1[nH]nc(-c2ccccc2)c1Br. The molecular formula is C9H6BrClN2. The summed E-state index contributed by atoms with van der Waals surface area (Å²) < 4.78 is 0.806. The lowest BCUT2D eigenvalue weighted by Crippen LogP contribution is -1.76. The van der Waals surface area contributed by atoms with Gasteiger partial charge in [0.2, 0.25) is 0 Å². The Morgan fingerprint density at radius 2 is 1.92 bits per heavy atom. The van der Waals surface area contributed by atoms with Crippen molar-refractivity contribution in [3.8, 4) is 11.3 Å². The number of H-pyrrole nitrogens is 1. The zero-order chi connectivity index (χ0) is 9.26. The van der Waals surface area contributed by atoms with Gasteiger partial charge in [-0.15, -0.1) is 0 Å². The summed E-state index contributed by atoms with van der Waals surface area (Å²) in [6.45, 7) is 0. The highest BCUT2D eigenvalue weighted by molar-refractivity contribution is 9.10. The van der Waals surface area contributed by atoms with E-state index in [2.05, 4.69) is 26.1 Å². The molecule has 1 aromatic carbocycles. The minimum absolute atomic E-state index is 0.527. The summed E-state index contributed by atoms with van der Waals surface area (Å²) in [6.07, 6.45) is 0. The molecular weight excluding hydrogens is 251 g/mol. The van der Waals surface area contributed by atoms with Gasteiger partial charge in [-0.2, -0.15) is 5.10 Å². The number of aromatic amines is 1. The van der Waals surface area contributed by atoms with Crippen LogP contribution >= 0.6 is 27.5 Å². The van der Waals surface area contributed by atoms with Gasteiger partial charge in [0.05, 0.1) is 4.47 Å². The van der Waals surface area contributed by atoms with Gasteiger partial charge in [-0.05, 0) is 15.9 Å². The van der Waals surface area contributed by atoms with Crippen molar-refractivity contribution in [3.05, 3.63) is 40.0 Å². The normalized spacial score (nSPS) is 10.3. The second kappa shape index (κ2) is 3.52. The monoisotopic (exact) mass is 256 g/mol. The van der Waals surface area contributed by atoms with Crippen molar-refractivity contribution in [2.75, 3.05) is 0 Å². The van der Waals surface area contributed by atoms with E-state index in [-0.39, 0.29) is 0 Å². The van der Waals surface area contributed by atoms with Crippen LogP contribution in [-0.4, -0.2) is 10.2 Å². The average molecular weight is 258 g/mol. The lowest BCUT2D eigenvalue weighted by molar-refractivity contribution is 1.10. The Bertz CT molecular complexity index is 411. The summed E-state index contributed by atoms with van der Waals surface area (Å²) >= 11 is 9.18. The predicted octanol–water partition coefficient (Wildman–Crippen LogP) is 3.49. The maximum atomic E-state index is 5.81. The van der Waals surface area contributed by atoms with Gasteiger partial charge in [-0.3, -0.25) is 5.10 Å². The third-order valence-corrected chi connectivity index (χ3v) is 2.99. The fourth-order valence-corrected chi connectivity index (χ4v) is 1.63. The Morgan fingerprint density at radius 3 is 2.46 bits per heavy atom. The van der Waals surface area contributed by atoms with Gasteiger partial charge < -0.3 is 0 Å². The van der Waals surface area contributed by atoms with Crippen LogP contribution in [-0.2, 0) is 0 Å². The molecule has 2 nitrogen and oxygen atoms in total. The van der Waals surface area contributed by atoms with Gasteiger partial charge in [-0.25, -0.2) is 0 Å². The first-order valence-corrected chi connectivity index (χ1v) is 4.91. The molecule has 1 N–H and O–H groups in total. The minimum atomic E-state index is 0.527. The van der Waals surface area contributed by atoms with Crippen LogP contribution < -0.4 is 0 Å². The van der Waals surface area contributed by atoms with E-state index < -0.39 is 0 Å². The van der Waals surface area contributed by atoms with Crippen molar-refractivity contribution < 1.29 is 0 Å². The smallest absolute Gasteiger partial charge is 0.139 e. The quantitative estimate of drug-likeness (QED) is 0.832. The largest absolute Gasteiger partial charge is 0.266 e. The van der Waals surface area contributed by atoms with Crippen LogP contribution in [0.1, 0.15) is 0 Å². The zero-order valence-corrected chi connectivity index (χ0v) is 8.93. The van der Waals surface area contributed by atoms with E-state index in [0.29, 0.717) is 5.15 Å². The van der Waals surface area contributed by atoms with Crippen LogP contribution in [0.2, 0.25) is 5.15 Å². The van der Waals surface area contributed by atoms with E-state index in [9.17, 15) is 0 Å². The molecule has 0 radical (unpaired) electrons. The van der Waals surface area contributed by atoms with Gasteiger partial charge in [0.25, 0.3) is 0 Å². The Morgan fingerprint density at radius 1 is 1.23 bits per heavy atom. The third-order valence-electron chi connectivity index (χ3n) is 1.71. The number of benzene rings is 1. The molecule has 0 unspecified atom stereocenters. The predicted molar refractivity (Wildman–Crippen MR) is 56.7 cm³/mol. The fraction of sp³-hybridized carbons (Fsp3) is 0. The Kier molecular flexibility index (Phi) is 2.38. The third kappa shape index (κ3) is 1.62. The number of nitrogens with one attached hydrogen (secondary N) is 1. The van der Waals surface area contributed by atoms with Crippen molar-refractivity contribution >= 4 is 27.5 Å². The molecule has 2 aromatic rings. The van der Waals surface area contributed by atoms with E-state index in [1.807, 2.05) is 30.3 Å². The molecule has 13 heavy (non-hydrogen) atoms. The molecule has 66 valence electrons. The molecule has 2 rings (SSSR count). The molecule has 0 saturated carbocycles. The van der Waals surface area contributed by atoms with Crippen molar-refractivity contribution in [1.82, 2.24) is 10.2 Å². The summed E-state index contributed by atoms with van der Waals surface area (Å²) in [5, 5.41) is 7.31. The second-order valence-corrected chi connectivity index (χ2v) is 3.74. The molecule has 0 spiro atoms. The number of halogens is 2. The summed E-state index contributed by atoms with van der Waals surface area (Å²) in [6, 6.07) is 9.86. The topological polar surface area (TPSA) is 28.7 Å². The first-order valence-electron chi connectivity index (χ1n) is 3.74. The fourth-order valence-electron chi connectivity index (χ4n) is 1.09. The maximum absolute atomic E-state index is 5.81. The van der Waals surface area contributed by atoms with Crippen LogP contribution in [0.5, 0.6) is 0 Å². The highest BCUT2D eigenvalue weighted by atomic mass is 79.9. The van der Waals surface area contributed by atoms with Gasteiger partial charge in [-0.1, -0.05) is 41.9 Å². The van der Waals surface area contributed by atoms with Crippen molar-refractivity contribution in [2.24, 2.45) is 0 Å². The van der Waals surface area contributed by atoms with Gasteiger partial charge in [0.15, 0.2) is 0 Å². The Balaban J connectivity index is 2.53. The summed E-state index contributed by atoms with van der Waals surface area (Å²) in [4.78, 5) is 0. The molecule has 0 bridgehead atoms. The minimum Gasteiger partial charge on any atom is -0.266 e. The van der Waals surface area contributed by atoms with Gasteiger partial charge >= 0.3 is 0 Å². The first-order chi connectivity index (χ1) is 6.29. The molecule has 0 saturated heterocycles. The van der Waals surface area contributed by atoms with E-state index >= 15 is 0 Å². The molecule has 1 heterocycles. The second-order valence-electron chi connectivity index (χ2n) is 2.57. The van der Waals surface area contributed by atoms with Crippen LogP contribution in [0.15, 0.2) is 34.8 Å². The molecule has 0 fully saturated rings. The lowest BCUT2D eigenvalue weighted by Gasteiger charge is -1.95. The molecule has 1 aromatic heterocycles. The van der Waals surface area contributed by atoms with Crippen LogP contribution in [0.25, 0.3) is 11.3 Å². The van der Waals surface area contributed by atoms with Crippen LogP contribution in [0, 0.1) is 0 Å². The van der Waals surface area contributed by atoms with Crippen LogP contribution in [0.3, 0.4) is 0 Å². The molecule has 0 aliphatic rings. The first kappa shape index (κ1) is 8.78. The average Bonchev–Trinajstić information content (AvgIpc) is 2.49. The van der Waals surface area contributed by atoms with Crippen molar-refractivity contribution in [3.63, 3.8) is 0 Å². The van der Waals surface area contributed by atoms with Crippen LogP contribution in [0.4, 0.5) is 0 Å². The number of aromatic nitrogens is 2. The molecule has 0 atom stereocenters. The van der Waals surface area contributed by atoms with Gasteiger partial charge in [0, 0.05) is 5.56 Å². The van der Waals surface area contributed by atoms with E-state index in [1.165, 1.54) is 0 Å². The highest BCUT2D eigenvalue weighted by Gasteiger charge is 2.09. The standard InChI is InChI=1S/C9H6BrClN2/c10-7-8(12-13-9(7)11)6-4-2-1-3-5-6/h1-5H,(H,12,13). The zero-order valence-electron chi connectivity index (χ0n) is 6.59. The molecule has 4 heteroatoms. The molecule has 0 amide bonds. The highest BCUT2D eigenvalue weighted by Crippen LogP contribution is 2.30. The maximum Gasteiger partial charge on any atom is 0.139 e. The number of rotatable bonds is 1. The Labute approximate surface area is 89.1 Å². The number of nitrogens with zero attached hydrogens (tertiary/aromatic N) is 1.